The van der Waals surface area contributed by atoms with Gasteiger partial charge in [-0.25, -0.2) is 0 Å². The lowest BCUT2D eigenvalue weighted by atomic mass is 10.2. The Labute approximate surface area is 113 Å². The topological polar surface area (TPSA) is 83.9 Å². The molecule has 0 saturated heterocycles. The number of halogens is 1. The maximum absolute atomic E-state index is 9.27. The lowest BCUT2D eigenvalue weighted by Crippen LogP contribution is -1.95. The van der Waals surface area contributed by atoms with Crippen LogP contribution < -0.4 is 4.74 Å². The molecule has 0 unspecified atom stereocenters. The molecule has 3 aromatic rings. The Bertz CT molecular complexity index is 729. The highest BCUT2D eigenvalue weighted by atomic mass is 35.5. The van der Waals surface area contributed by atoms with Crippen LogP contribution in [-0.2, 0) is 6.61 Å². The van der Waals surface area contributed by atoms with Crippen LogP contribution in [0.25, 0.3) is 11.0 Å². The zero-order valence-electron chi connectivity index (χ0n) is 9.67. The summed E-state index contributed by atoms with van der Waals surface area (Å²) in [6, 6.07) is 7.14. The summed E-state index contributed by atoms with van der Waals surface area (Å²) in [5.41, 5.74) is 1.16. The minimum atomic E-state index is -0.122. The van der Waals surface area contributed by atoms with Crippen LogP contribution in [0.5, 0.6) is 11.6 Å². The molecule has 19 heavy (non-hydrogen) atoms. The van der Waals surface area contributed by atoms with Crippen molar-refractivity contribution in [3.05, 3.63) is 41.3 Å². The molecule has 0 aliphatic carbocycles. The fourth-order valence-electron chi connectivity index (χ4n) is 1.70. The third-order valence-corrected chi connectivity index (χ3v) is 2.77. The predicted molar refractivity (Wildman–Crippen MR) is 69.1 cm³/mol. The molecular weight excluding hydrogens is 268 g/mol. The van der Waals surface area contributed by atoms with Gasteiger partial charge in [0.05, 0.1) is 12.8 Å². The van der Waals surface area contributed by atoms with Gasteiger partial charge in [-0.05, 0) is 17.7 Å². The van der Waals surface area contributed by atoms with Crippen molar-refractivity contribution < 1.29 is 9.84 Å². The second-order valence-corrected chi connectivity index (χ2v) is 4.14. The van der Waals surface area contributed by atoms with E-state index < -0.39 is 0 Å². The number of nitrogens with zero attached hydrogens (tertiary/aromatic N) is 3. The van der Waals surface area contributed by atoms with Crippen LogP contribution >= 0.6 is 11.6 Å². The molecule has 2 N–H and O–H groups in total. The van der Waals surface area contributed by atoms with Gasteiger partial charge < -0.3 is 9.84 Å². The number of aliphatic hydroxyl groups is 1. The van der Waals surface area contributed by atoms with Crippen molar-refractivity contribution in [3.63, 3.8) is 0 Å². The van der Waals surface area contributed by atoms with Gasteiger partial charge in [-0.3, -0.25) is 5.10 Å². The van der Waals surface area contributed by atoms with E-state index in [1.54, 1.807) is 18.3 Å². The third-order valence-electron chi connectivity index (χ3n) is 2.60. The van der Waals surface area contributed by atoms with E-state index >= 15 is 0 Å². The quantitative estimate of drug-likeness (QED) is 0.717. The Morgan fingerprint density at radius 2 is 2.11 bits per heavy atom. The second-order valence-electron chi connectivity index (χ2n) is 3.80. The molecule has 0 aliphatic rings. The molecule has 0 spiro atoms. The third kappa shape index (κ3) is 2.23. The van der Waals surface area contributed by atoms with E-state index in [-0.39, 0.29) is 11.9 Å². The Kier molecular flexibility index (Phi) is 3.02. The van der Waals surface area contributed by atoms with Crippen molar-refractivity contribution >= 4 is 22.6 Å². The fourth-order valence-corrected chi connectivity index (χ4v) is 1.86. The van der Waals surface area contributed by atoms with Crippen LogP contribution in [0.15, 0.2) is 30.5 Å². The summed E-state index contributed by atoms with van der Waals surface area (Å²) in [5, 5.41) is 16.5. The number of rotatable bonds is 3. The highest BCUT2D eigenvalue weighted by Gasteiger charge is 2.12. The monoisotopic (exact) mass is 276 g/mol. The van der Waals surface area contributed by atoms with Gasteiger partial charge in [0.1, 0.15) is 11.1 Å². The molecule has 1 aromatic carbocycles. The summed E-state index contributed by atoms with van der Waals surface area (Å²) >= 11 is 5.82. The highest BCUT2D eigenvalue weighted by molar-refractivity contribution is 6.28. The van der Waals surface area contributed by atoms with Crippen molar-refractivity contribution in [1.29, 1.82) is 0 Å². The van der Waals surface area contributed by atoms with Crippen molar-refractivity contribution in [2.75, 3.05) is 0 Å². The van der Waals surface area contributed by atoms with Crippen LogP contribution in [0.1, 0.15) is 5.56 Å². The molecule has 0 saturated carbocycles. The van der Waals surface area contributed by atoms with E-state index in [9.17, 15) is 5.11 Å². The molecule has 0 amide bonds. The van der Waals surface area contributed by atoms with Crippen molar-refractivity contribution in [3.8, 4) is 11.6 Å². The van der Waals surface area contributed by atoms with Gasteiger partial charge >= 0.3 is 0 Å². The van der Waals surface area contributed by atoms with Crippen LogP contribution in [-0.4, -0.2) is 25.3 Å². The molecule has 0 aliphatic heterocycles. The molecule has 3 rings (SSSR count). The largest absolute Gasteiger partial charge is 0.438 e. The zero-order chi connectivity index (χ0) is 13.2. The molecule has 96 valence electrons. The summed E-state index contributed by atoms with van der Waals surface area (Å²) in [6.45, 7) is -0.122. The van der Waals surface area contributed by atoms with Gasteiger partial charge in [0.15, 0.2) is 5.65 Å². The van der Waals surface area contributed by atoms with Crippen LogP contribution in [0.3, 0.4) is 0 Å². The Hall–Kier alpha value is -2.18. The maximum atomic E-state index is 9.27. The van der Waals surface area contributed by atoms with E-state index in [2.05, 4.69) is 20.2 Å². The first kappa shape index (κ1) is 11.9. The molecule has 0 fully saturated rings. The fraction of sp³-hybridized carbons (Fsp3) is 0.0833. The van der Waals surface area contributed by atoms with Crippen LogP contribution in [0, 0.1) is 0 Å². The molecule has 0 radical (unpaired) electrons. The van der Waals surface area contributed by atoms with E-state index in [1.165, 1.54) is 0 Å². The Morgan fingerprint density at radius 3 is 2.95 bits per heavy atom. The minimum Gasteiger partial charge on any atom is -0.438 e. The van der Waals surface area contributed by atoms with Gasteiger partial charge in [-0.2, -0.15) is 15.1 Å². The molecular formula is C12H9ClN4O2. The minimum absolute atomic E-state index is 0.0632. The molecule has 2 heterocycles. The number of aromatic amines is 1. The first-order valence-corrected chi connectivity index (χ1v) is 5.89. The molecule has 2 aromatic heterocycles. The Balaban J connectivity index is 2.07. The first-order chi connectivity index (χ1) is 9.28. The van der Waals surface area contributed by atoms with Gasteiger partial charge in [0.25, 0.3) is 0 Å². The number of para-hydroxylation sites is 1. The predicted octanol–water partition coefficient (Wildman–Crippen LogP) is 2.29. The van der Waals surface area contributed by atoms with Gasteiger partial charge in [0, 0.05) is 5.56 Å². The number of aromatic nitrogens is 4. The number of nitrogens with one attached hydrogen (secondary N) is 1. The zero-order valence-corrected chi connectivity index (χ0v) is 10.4. The van der Waals surface area contributed by atoms with Crippen molar-refractivity contribution in [2.45, 2.75) is 6.61 Å². The summed E-state index contributed by atoms with van der Waals surface area (Å²) in [4.78, 5) is 8.02. The average Bonchev–Trinajstić information content (AvgIpc) is 2.87. The van der Waals surface area contributed by atoms with E-state index in [0.717, 1.165) is 0 Å². The Morgan fingerprint density at radius 1 is 1.26 bits per heavy atom. The lowest BCUT2D eigenvalue weighted by Gasteiger charge is -2.09. The molecule has 7 heteroatoms. The van der Waals surface area contributed by atoms with Gasteiger partial charge in [-0.15, -0.1) is 0 Å². The van der Waals surface area contributed by atoms with Crippen LogP contribution in [0.2, 0.25) is 5.28 Å². The summed E-state index contributed by atoms with van der Waals surface area (Å²) in [6.07, 6.45) is 1.56. The summed E-state index contributed by atoms with van der Waals surface area (Å²) in [7, 11) is 0. The van der Waals surface area contributed by atoms with Crippen molar-refractivity contribution in [2.24, 2.45) is 0 Å². The SMILES string of the molecule is OCc1ccccc1Oc1nc(Cl)nc2[nH]ncc12. The number of H-pyrrole nitrogens is 1. The number of benzene rings is 1. The maximum Gasteiger partial charge on any atom is 0.234 e. The van der Waals surface area contributed by atoms with Crippen molar-refractivity contribution in [1.82, 2.24) is 20.2 Å². The number of hydrogen-bond acceptors (Lipinski definition) is 5. The summed E-state index contributed by atoms with van der Waals surface area (Å²) < 4.78 is 5.70. The summed E-state index contributed by atoms with van der Waals surface area (Å²) in [5.74, 6) is 0.812. The van der Waals surface area contributed by atoms with E-state index in [0.29, 0.717) is 28.2 Å². The number of aliphatic hydroxyl groups excluding tert-OH is 1. The van der Waals surface area contributed by atoms with E-state index in [1.807, 2.05) is 12.1 Å². The van der Waals surface area contributed by atoms with E-state index in [4.69, 9.17) is 16.3 Å². The lowest BCUT2D eigenvalue weighted by molar-refractivity contribution is 0.276. The second kappa shape index (κ2) is 4.83. The van der Waals surface area contributed by atoms with Gasteiger partial charge in [-0.1, -0.05) is 18.2 Å². The number of ether oxygens (including phenoxy) is 1. The van der Waals surface area contributed by atoms with Crippen LogP contribution in [0.4, 0.5) is 0 Å². The molecule has 0 bridgehead atoms. The standard InChI is InChI=1S/C12H9ClN4O2/c13-12-15-10-8(5-14-17-10)11(16-12)19-9-4-2-1-3-7(9)6-18/h1-5,18H,6H2,(H,14,15,16,17). The average molecular weight is 277 g/mol. The van der Waals surface area contributed by atoms with Gasteiger partial charge in [0.2, 0.25) is 11.2 Å². The first-order valence-electron chi connectivity index (χ1n) is 5.51. The smallest absolute Gasteiger partial charge is 0.234 e. The molecule has 6 nitrogen and oxygen atoms in total. The highest BCUT2D eigenvalue weighted by Crippen LogP contribution is 2.29. The number of hydrogen-bond donors (Lipinski definition) is 2. The number of fused-ring (bicyclic) bond motifs is 1. The normalized spacial score (nSPS) is 10.8. The molecule has 0 atom stereocenters.